The number of nitro benzene ring substituents is 1. The summed E-state index contributed by atoms with van der Waals surface area (Å²) in [6.07, 6.45) is 0. The average molecular weight is 349 g/mol. The van der Waals surface area contributed by atoms with Crippen LogP contribution in [0.25, 0.3) is 11.5 Å². The van der Waals surface area contributed by atoms with Crippen LogP contribution in [0.4, 0.5) is 5.69 Å². The van der Waals surface area contributed by atoms with Gasteiger partial charge in [0.1, 0.15) is 0 Å². The van der Waals surface area contributed by atoms with E-state index in [9.17, 15) is 10.1 Å². The molecule has 0 aliphatic rings. The SMILES string of the molecule is CCNC(=S)N(Cc1nnc(-c2cccc([N+](=O)[O-])c2)o1)C(C)C. The Bertz CT molecular complexity index is 731. The van der Waals surface area contributed by atoms with Crippen molar-refractivity contribution < 1.29 is 9.34 Å². The van der Waals surface area contributed by atoms with Gasteiger partial charge in [-0.1, -0.05) is 6.07 Å². The quantitative estimate of drug-likeness (QED) is 0.483. The number of rotatable bonds is 6. The highest BCUT2D eigenvalue weighted by Gasteiger charge is 2.18. The Labute approximate surface area is 145 Å². The van der Waals surface area contributed by atoms with Gasteiger partial charge >= 0.3 is 0 Å². The van der Waals surface area contributed by atoms with Gasteiger partial charge in [0.2, 0.25) is 11.8 Å². The van der Waals surface area contributed by atoms with Crippen LogP contribution in [-0.4, -0.2) is 37.7 Å². The summed E-state index contributed by atoms with van der Waals surface area (Å²) in [6, 6.07) is 6.24. The maximum atomic E-state index is 10.9. The van der Waals surface area contributed by atoms with Crippen LogP contribution in [-0.2, 0) is 6.54 Å². The molecule has 0 fully saturated rings. The fraction of sp³-hybridized carbons (Fsp3) is 0.400. The number of nitro groups is 1. The molecule has 1 aromatic heterocycles. The molecular weight excluding hydrogens is 330 g/mol. The summed E-state index contributed by atoms with van der Waals surface area (Å²) in [7, 11) is 0. The zero-order valence-electron chi connectivity index (χ0n) is 13.7. The lowest BCUT2D eigenvalue weighted by molar-refractivity contribution is -0.384. The number of non-ortho nitro benzene ring substituents is 1. The predicted molar refractivity (Wildman–Crippen MR) is 93.3 cm³/mol. The summed E-state index contributed by atoms with van der Waals surface area (Å²) >= 11 is 5.35. The lowest BCUT2D eigenvalue weighted by atomic mass is 10.2. The second-order valence-electron chi connectivity index (χ2n) is 5.37. The molecule has 0 saturated carbocycles. The zero-order valence-corrected chi connectivity index (χ0v) is 14.5. The van der Waals surface area contributed by atoms with Gasteiger partial charge in [-0.25, -0.2) is 0 Å². The summed E-state index contributed by atoms with van der Waals surface area (Å²) in [5.74, 6) is 0.636. The van der Waals surface area contributed by atoms with Crippen LogP contribution in [0.15, 0.2) is 28.7 Å². The summed E-state index contributed by atoms with van der Waals surface area (Å²) in [6.45, 7) is 7.09. The molecule has 2 aromatic rings. The third kappa shape index (κ3) is 4.25. The standard InChI is InChI=1S/C15H19N5O3S/c1-4-16-15(24)19(10(2)3)9-13-17-18-14(23-13)11-6-5-7-12(8-11)20(21)22/h5-8,10H,4,9H2,1-3H3,(H,16,24). The molecule has 0 unspecified atom stereocenters. The Kier molecular flexibility index (Phi) is 5.80. The molecule has 1 heterocycles. The summed E-state index contributed by atoms with van der Waals surface area (Å²) in [5.41, 5.74) is 0.484. The highest BCUT2D eigenvalue weighted by molar-refractivity contribution is 7.80. The molecule has 1 aromatic carbocycles. The maximum Gasteiger partial charge on any atom is 0.270 e. The van der Waals surface area contributed by atoms with Gasteiger partial charge < -0.3 is 14.6 Å². The van der Waals surface area contributed by atoms with Gasteiger partial charge in [-0.2, -0.15) is 0 Å². The van der Waals surface area contributed by atoms with E-state index in [1.54, 1.807) is 12.1 Å². The van der Waals surface area contributed by atoms with Crippen molar-refractivity contribution in [2.45, 2.75) is 33.4 Å². The molecule has 2 rings (SSSR count). The summed E-state index contributed by atoms with van der Waals surface area (Å²) in [4.78, 5) is 12.3. The van der Waals surface area contributed by atoms with Crippen LogP contribution in [0.1, 0.15) is 26.7 Å². The number of nitrogens with zero attached hydrogens (tertiary/aromatic N) is 4. The Morgan fingerprint density at radius 1 is 1.46 bits per heavy atom. The number of nitrogens with one attached hydrogen (secondary N) is 1. The van der Waals surface area contributed by atoms with E-state index < -0.39 is 4.92 Å². The van der Waals surface area contributed by atoms with E-state index in [-0.39, 0.29) is 17.6 Å². The number of hydrogen-bond donors (Lipinski definition) is 1. The van der Waals surface area contributed by atoms with Crippen molar-refractivity contribution in [2.24, 2.45) is 0 Å². The first-order valence-corrected chi connectivity index (χ1v) is 7.94. The molecule has 0 aliphatic carbocycles. The van der Waals surface area contributed by atoms with Crippen LogP contribution >= 0.6 is 12.2 Å². The number of aromatic nitrogens is 2. The van der Waals surface area contributed by atoms with Crippen molar-refractivity contribution in [2.75, 3.05) is 6.54 Å². The van der Waals surface area contributed by atoms with Crippen LogP contribution < -0.4 is 5.32 Å². The Morgan fingerprint density at radius 3 is 2.83 bits per heavy atom. The highest BCUT2D eigenvalue weighted by atomic mass is 32.1. The van der Waals surface area contributed by atoms with Crippen molar-refractivity contribution in [1.82, 2.24) is 20.4 Å². The molecular formula is C15H19N5O3S. The monoisotopic (exact) mass is 349 g/mol. The first-order chi connectivity index (χ1) is 11.4. The Balaban J connectivity index is 2.19. The first kappa shape index (κ1) is 17.8. The van der Waals surface area contributed by atoms with Gasteiger partial charge in [-0.05, 0) is 39.1 Å². The molecule has 9 heteroatoms. The highest BCUT2D eigenvalue weighted by Crippen LogP contribution is 2.23. The van der Waals surface area contributed by atoms with E-state index in [1.807, 2.05) is 25.7 Å². The summed E-state index contributed by atoms with van der Waals surface area (Å²) in [5, 5.41) is 22.6. The molecule has 0 amide bonds. The van der Waals surface area contributed by atoms with Gasteiger partial charge in [0.25, 0.3) is 5.69 Å². The maximum absolute atomic E-state index is 10.9. The molecule has 0 atom stereocenters. The predicted octanol–water partition coefficient (Wildman–Crippen LogP) is 2.75. The molecule has 0 bridgehead atoms. The van der Waals surface area contributed by atoms with E-state index in [0.717, 1.165) is 6.54 Å². The van der Waals surface area contributed by atoms with E-state index in [2.05, 4.69) is 15.5 Å². The van der Waals surface area contributed by atoms with Crippen molar-refractivity contribution in [3.8, 4) is 11.5 Å². The van der Waals surface area contributed by atoms with Gasteiger partial charge in [0.05, 0.1) is 11.5 Å². The normalized spacial score (nSPS) is 10.7. The topological polar surface area (TPSA) is 97.3 Å². The molecule has 128 valence electrons. The van der Waals surface area contributed by atoms with E-state index >= 15 is 0 Å². The number of thiocarbonyl (C=S) groups is 1. The fourth-order valence-electron chi connectivity index (χ4n) is 2.07. The minimum Gasteiger partial charge on any atom is -0.419 e. The molecule has 0 spiro atoms. The van der Waals surface area contributed by atoms with Crippen LogP contribution in [0.5, 0.6) is 0 Å². The number of hydrogen-bond acceptors (Lipinski definition) is 6. The zero-order chi connectivity index (χ0) is 17.7. The molecule has 0 radical (unpaired) electrons. The van der Waals surface area contributed by atoms with Crippen LogP contribution in [0.2, 0.25) is 0 Å². The van der Waals surface area contributed by atoms with Crippen molar-refractivity contribution in [3.63, 3.8) is 0 Å². The van der Waals surface area contributed by atoms with Gasteiger partial charge in [-0.3, -0.25) is 10.1 Å². The van der Waals surface area contributed by atoms with Crippen molar-refractivity contribution in [1.29, 1.82) is 0 Å². The van der Waals surface area contributed by atoms with Gasteiger partial charge in [-0.15, -0.1) is 10.2 Å². The smallest absolute Gasteiger partial charge is 0.270 e. The van der Waals surface area contributed by atoms with Crippen LogP contribution in [0, 0.1) is 10.1 Å². The lowest BCUT2D eigenvalue weighted by Gasteiger charge is -2.27. The first-order valence-electron chi connectivity index (χ1n) is 7.54. The number of benzene rings is 1. The molecule has 1 N–H and O–H groups in total. The third-order valence-corrected chi connectivity index (χ3v) is 3.67. The molecule has 0 saturated heterocycles. The van der Waals surface area contributed by atoms with E-state index in [0.29, 0.717) is 23.1 Å². The van der Waals surface area contributed by atoms with E-state index in [4.69, 9.17) is 16.6 Å². The van der Waals surface area contributed by atoms with Crippen molar-refractivity contribution >= 4 is 23.0 Å². The Hall–Kier alpha value is -2.55. The fourth-order valence-corrected chi connectivity index (χ4v) is 2.49. The van der Waals surface area contributed by atoms with Crippen LogP contribution in [0.3, 0.4) is 0 Å². The minimum absolute atomic E-state index is 0.0237. The van der Waals surface area contributed by atoms with Gasteiger partial charge in [0, 0.05) is 30.3 Å². The molecule has 24 heavy (non-hydrogen) atoms. The van der Waals surface area contributed by atoms with Gasteiger partial charge in [0.15, 0.2) is 5.11 Å². The average Bonchev–Trinajstić information content (AvgIpc) is 3.01. The summed E-state index contributed by atoms with van der Waals surface area (Å²) < 4.78 is 5.64. The second-order valence-corrected chi connectivity index (χ2v) is 5.75. The Morgan fingerprint density at radius 2 is 2.21 bits per heavy atom. The second kappa shape index (κ2) is 7.82. The minimum atomic E-state index is -0.462. The molecule has 0 aliphatic heterocycles. The molecule has 8 nitrogen and oxygen atoms in total. The van der Waals surface area contributed by atoms with E-state index in [1.165, 1.54) is 12.1 Å². The van der Waals surface area contributed by atoms with Crippen molar-refractivity contribution in [3.05, 3.63) is 40.3 Å². The lowest BCUT2D eigenvalue weighted by Crippen LogP contribution is -2.43. The largest absolute Gasteiger partial charge is 0.419 e. The third-order valence-electron chi connectivity index (χ3n) is 3.29.